The van der Waals surface area contributed by atoms with E-state index in [-0.39, 0.29) is 11.8 Å². The average Bonchev–Trinajstić information content (AvgIpc) is 3.29. The second-order valence-corrected chi connectivity index (χ2v) is 15.4. The molecule has 0 radical (unpaired) electrons. The molecule has 6 rings (SSSR count). The number of nitrogens with zero attached hydrogens (tertiary/aromatic N) is 8. The number of hydrogen-bond donors (Lipinski definition) is 6. The first-order valence-electron chi connectivity index (χ1n) is 21.2. The molecule has 0 spiro atoms. The van der Waals surface area contributed by atoms with Crippen LogP contribution in [-0.4, -0.2) is 180 Å². The summed E-state index contributed by atoms with van der Waals surface area (Å²) in [6.45, 7) is 11.1. The number of phenols is 2. The Morgan fingerprint density at radius 3 is 1.25 bits per heavy atom. The summed E-state index contributed by atoms with van der Waals surface area (Å²) in [5.74, 6) is -0.625. The molecule has 2 fully saturated rings. The Balaban J connectivity index is 0.000000240. The number of benzene rings is 2. The number of piperazine rings is 2. The Bertz CT molecular complexity index is 1990. The summed E-state index contributed by atoms with van der Waals surface area (Å²) >= 11 is 0. The van der Waals surface area contributed by atoms with Gasteiger partial charge in [0.05, 0.1) is 22.5 Å². The van der Waals surface area contributed by atoms with E-state index in [9.17, 15) is 29.4 Å². The molecule has 64 heavy (non-hydrogen) atoms. The van der Waals surface area contributed by atoms with Crippen molar-refractivity contribution in [3.05, 3.63) is 108 Å². The van der Waals surface area contributed by atoms with Gasteiger partial charge in [0.1, 0.15) is 23.1 Å². The van der Waals surface area contributed by atoms with Gasteiger partial charge in [-0.2, -0.15) is 0 Å². The molecule has 0 atom stereocenters. The number of aromatic nitrogens is 2. The molecule has 4 heterocycles. The number of phenolic OH excluding ortho intramolecular Hbond substituents is 2. The predicted molar refractivity (Wildman–Crippen MR) is 249 cm³/mol. The molecule has 18 heteroatoms. The van der Waals surface area contributed by atoms with Gasteiger partial charge in [0, 0.05) is 118 Å². The lowest BCUT2D eigenvalue weighted by molar-refractivity contribution is -0.134. The minimum Gasteiger partial charge on any atom is -0.506 e. The molecule has 2 amide bonds. The third kappa shape index (κ3) is 16.1. The summed E-state index contributed by atoms with van der Waals surface area (Å²) in [6, 6.07) is 22.2. The third-order valence-corrected chi connectivity index (χ3v) is 10.3. The van der Waals surface area contributed by atoms with Crippen molar-refractivity contribution in [1.82, 2.24) is 29.6 Å². The van der Waals surface area contributed by atoms with Crippen LogP contribution in [0.4, 0.5) is 23.0 Å². The lowest BCUT2D eigenvalue weighted by Gasteiger charge is -2.36. The highest BCUT2D eigenvalue weighted by atomic mass is 16.4. The number of pyridine rings is 2. The molecule has 344 valence electrons. The number of carbonyl (C=O) groups excluding carboxylic acids is 2. The van der Waals surface area contributed by atoms with Crippen LogP contribution in [0.15, 0.2) is 97.3 Å². The Labute approximate surface area is 375 Å². The van der Waals surface area contributed by atoms with Crippen LogP contribution in [0.1, 0.15) is 33.6 Å². The fraction of sp³-hybridized carbons (Fsp3) is 0.391. The summed E-state index contributed by atoms with van der Waals surface area (Å²) in [4.78, 5) is 64.7. The number of para-hydroxylation sites is 4. The van der Waals surface area contributed by atoms with Crippen molar-refractivity contribution in [2.45, 2.75) is 12.8 Å². The number of carboxylic acid groups (broad SMARTS) is 2. The number of aliphatic carboxylic acids is 2. The predicted octanol–water partition coefficient (Wildman–Crippen LogP) is 3.94. The quantitative estimate of drug-likeness (QED) is 0.0694. The summed E-state index contributed by atoms with van der Waals surface area (Å²) < 4.78 is 0. The number of amides is 2. The fourth-order valence-corrected chi connectivity index (χ4v) is 6.97. The minimum absolute atomic E-state index is 0.0455. The van der Waals surface area contributed by atoms with Gasteiger partial charge in [0.25, 0.3) is 11.8 Å². The summed E-state index contributed by atoms with van der Waals surface area (Å²) in [5, 5.41) is 42.2. The lowest BCUT2D eigenvalue weighted by Crippen LogP contribution is -2.46. The van der Waals surface area contributed by atoms with Gasteiger partial charge in [0.15, 0.2) is 0 Å². The third-order valence-electron chi connectivity index (χ3n) is 10.3. The van der Waals surface area contributed by atoms with E-state index < -0.39 is 11.9 Å². The Morgan fingerprint density at radius 2 is 0.922 bits per heavy atom. The molecule has 0 unspecified atom stereocenters. The molecule has 2 saturated heterocycles. The van der Waals surface area contributed by atoms with Gasteiger partial charge in [-0.05, 0) is 74.5 Å². The number of hydrogen-bond acceptors (Lipinski definition) is 14. The zero-order valence-electron chi connectivity index (χ0n) is 37.1. The molecular formula is C46H62N10O8. The van der Waals surface area contributed by atoms with Gasteiger partial charge in [0.2, 0.25) is 0 Å². The summed E-state index contributed by atoms with van der Waals surface area (Å²) in [6.07, 6.45) is 6.47. The Morgan fingerprint density at radius 1 is 0.562 bits per heavy atom. The number of anilines is 4. The van der Waals surface area contributed by atoms with Gasteiger partial charge in [-0.25, -0.2) is 19.6 Å². The van der Waals surface area contributed by atoms with E-state index in [1.165, 1.54) is 0 Å². The van der Waals surface area contributed by atoms with E-state index in [4.69, 9.17) is 10.2 Å². The SMILES string of the molecule is CN(C)C(=O)c1cccnc1NCCCN1CCN(c2ccccc2O)CC1.CN(C)C(=O)c1cccnc1NCCCN1CCN(c2ccccc2O)CC1.O=C(O)C=CC(=O)O. The molecule has 2 aromatic carbocycles. The van der Waals surface area contributed by atoms with Crippen molar-refractivity contribution in [2.75, 3.05) is 127 Å². The van der Waals surface area contributed by atoms with E-state index in [2.05, 4.69) is 40.2 Å². The number of nitrogens with one attached hydrogen (secondary N) is 2. The highest BCUT2D eigenvalue weighted by Crippen LogP contribution is 2.28. The number of carbonyl (C=O) groups is 4. The first kappa shape index (κ1) is 49.7. The summed E-state index contributed by atoms with van der Waals surface area (Å²) in [5.41, 5.74) is 3.03. The molecule has 0 bridgehead atoms. The van der Waals surface area contributed by atoms with Crippen molar-refractivity contribution in [1.29, 1.82) is 0 Å². The second-order valence-electron chi connectivity index (χ2n) is 15.4. The first-order chi connectivity index (χ1) is 30.7. The van der Waals surface area contributed by atoms with Gasteiger partial charge < -0.3 is 50.7 Å². The van der Waals surface area contributed by atoms with Crippen molar-refractivity contribution >= 4 is 46.8 Å². The van der Waals surface area contributed by atoms with Gasteiger partial charge in [-0.1, -0.05) is 24.3 Å². The monoisotopic (exact) mass is 882 g/mol. The highest BCUT2D eigenvalue weighted by Gasteiger charge is 2.21. The van der Waals surface area contributed by atoms with Crippen LogP contribution in [-0.2, 0) is 9.59 Å². The fourth-order valence-electron chi connectivity index (χ4n) is 6.97. The van der Waals surface area contributed by atoms with Crippen LogP contribution in [0, 0.1) is 0 Å². The van der Waals surface area contributed by atoms with Crippen molar-refractivity contribution in [3.8, 4) is 11.5 Å². The normalized spacial score (nSPS) is 14.1. The van der Waals surface area contributed by atoms with Gasteiger partial charge >= 0.3 is 11.9 Å². The first-order valence-corrected chi connectivity index (χ1v) is 21.2. The maximum absolute atomic E-state index is 12.2. The molecular weight excluding hydrogens is 821 g/mol. The molecule has 2 aliphatic rings. The zero-order valence-corrected chi connectivity index (χ0v) is 37.1. The van der Waals surface area contributed by atoms with E-state index in [1.807, 2.05) is 36.4 Å². The summed E-state index contributed by atoms with van der Waals surface area (Å²) in [7, 11) is 6.98. The van der Waals surface area contributed by atoms with Gasteiger partial charge in [-0.3, -0.25) is 19.4 Å². The molecule has 6 N–H and O–H groups in total. The molecule has 2 aromatic heterocycles. The van der Waals surface area contributed by atoms with Crippen molar-refractivity contribution in [2.24, 2.45) is 0 Å². The van der Waals surface area contributed by atoms with Gasteiger partial charge in [-0.15, -0.1) is 0 Å². The maximum Gasteiger partial charge on any atom is 0.328 e. The van der Waals surface area contributed by atoms with E-state index in [1.54, 1.807) is 86.8 Å². The average molecular weight is 883 g/mol. The van der Waals surface area contributed by atoms with Crippen LogP contribution >= 0.6 is 0 Å². The van der Waals surface area contributed by atoms with Crippen LogP contribution in [0.25, 0.3) is 0 Å². The topological polar surface area (TPSA) is 218 Å². The van der Waals surface area contributed by atoms with E-state index in [0.29, 0.717) is 46.4 Å². The van der Waals surface area contributed by atoms with Crippen molar-refractivity contribution in [3.63, 3.8) is 0 Å². The zero-order chi connectivity index (χ0) is 46.4. The van der Waals surface area contributed by atoms with E-state index >= 15 is 0 Å². The van der Waals surface area contributed by atoms with Crippen LogP contribution < -0.4 is 20.4 Å². The Kier molecular flexibility index (Phi) is 20.1. The smallest absolute Gasteiger partial charge is 0.328 e. The van der Waals surface area contributed by atoms with Crippen molar-refractivity contribution < 1.29 is 39.6 Å². The Hall–Kier alpha value is -6.92. The molecule has 0 aliphatic carbocycles. The van der Waals surface area contributed by atoms with Crippen LogP contribution in [0.2, 0.25) is 0 Å². The number of carboxylic acids is 2. The van der Waals surface area contributed by atoms with Crippen LogP contribution in [0.3, 0.4) is 0 Å². The molecule has 0 saturated carbocycles. The van der Waals surface area contributed by atoms with E-state index in [0.717, 1.165) is 103 Å². The molecule has 2 aliphatic heterocycles. The molecule has 4 aromatic rings. The minimum atomic E-state index is -1.26. The standard InChI is InChI=1S/2C21H29N5O2.C4H4O4/c2*1-24(2)21(28)17-7-5-10-22-20(17)23-11-6-12-25-13-15-26(16-14-25)18-8-3-4-9-19(18)27;5-3(6)1-2-4(7)8/h2*3-5,7-10,27H,6,11-16H2,1-2H3,(H,22,23);1-2H,(H,5,6)(H,7,8). The maximum atomic E-state index is 12.2. The largest absolute Gasteiger partial charge is 0.506 e. The molecule has 18 nitrogen and oxygen atoms in total. The highest BCUT2D eigenvalue weighted by molar-refractivity contribution is 5.99. The lowest BCUT2D eigenvalue weighted by atomic mass is 10.2. The second kappa shape index (κ2) is 25.9. The van der Waals surface area contributed by atoms with Crippen LogP contribution in [0.5, 0.6) is 11.5 Å². The number of rotatable bonds is 16. The number of aromatic hydroxyl groups is 2.